The fourth-order valence-electron chi connectivity index (χ4n) is 12.5. The van der Waals surface area contributed by atoms with Crippen LogP contribution in [0.4, 0.5) is 17.1 Å². The lowest BCUT2D eigenvalue weighted by molar-refractivity contribution is 0.660. The van der Waals surface area contributed by atoms with Crippen molar-refractivity contribution in [1.82, 2.24) is 0 Å². The van der Waals surface area contributed by atoms with Crippen molar-refractivity contribution >= 4 is 17.1 Å². The van der Waals surface area contributed by atoms with E-state index >= 15 is 0 Å². The molecule has 1 unspecified atom stereocenters. The van der Waals surface area contributed by atoms with Crippen LogP contribution in [0.15, 0.2) is 237 Å². The van der Waals surface area contributed by atoms with Crippen LogP contribution in [0.1, 0.15) is 72.2 Å². The Morgan fingerprint density at radius 1 is 0.265 bits per heavy atom. The van der Waals surface area contributed by atoms with Gasteiger partial charge in [0.05, 0.1) is 11.1 Å². The van der Waals surface area contributed by atoms with Crippen LogP contribution in [-0.4, -0.2) is 0 Å². The summed E-state index contributed by atoms with van der Waals surface area (Å²) in [5.41, 5.74) is 25.8. The van der Waals surface area contributed by atoms with Crippen molar-refractivity contribution in [1.29, 1.82) is 0 Å². The second-order valence-corrected chi connectivity index (χ2v) is 20.0. The minimum atomic E-state index is -0.566. The topological polar surface area (TPSA) is 3.24 Å². The van der Waals surface area contributed by atoms with Crippen LogP contribution in [0.2, 0.25) is 0 Å². The van der Waals surface area contributed by atoms with Crippen LogP contribution < -0.4 is 4.90 Å². The molecule has 68 heavy (non-hydrogen) atoms. The molecule has 1 atom stereocenters. The van der Waals surface area contributed by atoms with Gasteiger partial charge in [-0.1, -0.05) is 222 Å². The van der Waals surface area contributed by atoms with E-state index < -0.39 is 5.41 Å². The summed E-state index contributed by atoms with van der Waals surface area (Å²) in [6.45, 7) is 9.52. The fraction of sp³-hybridized carbons (Fsp3) is 0.104. The summed E-state index contributed by atoms with van der Waals surface area (Å²) < 4.78 is 0. The van der Waals surface area contributed by atoms with Gasteiger partial charge in [-0.25, -0.2) is 0 Å². The molecule has 0 heterocycles. The Kier molecular flexibility index (Phi) is 8.89. The zero-order valence-electron chi connectivity index (χ0n) is 39.0. The zero-order valence-corrected chi connectivity index (χ0v) is 39.0. The van der Waals surface area contributed by atoms with Crippen molar-refractivity contribution in [2.24, 2.45) is 0 Å². The molecule has 1 heteroatoms. The van der Waals surface area contributed by atoms with Crippen molar-refractivity contribution in [2.45, 2.75) is 43.9 Å². The van der Waals surface area contributed by atoms with Gasteiger partial charge in [0.15, 0.2) is 0 Å². The monoisotopic (exact) mass is 869 g/mol. The molecule has 3 aliphatic rings. The van der Waals surface area contributed by atoms with Gasteiger partial charge in [-0.3, -0.25) is 0 Å². The van der Waals surface area contributed by atoms with Crippen molar-refractivity contribution in [2.75, 3.05) is 4.90 Å². The van der Waals surface area contributed by atoms with Gasteiger partial charge in [0.1, 0.15) is 0 Å². The number of anilines is 3. The second kappa shape index (κ2) is 15.0. The first-order valence-electron chi connectivity index (χ1n) is 24.1. The molecule has 324 valence electrons. The summed E-state index contributed by atoms with van der Waals surface area (Å²) in [6.07, 6.45) is 0. The van der Waals surface area contributed by atoms with Gasteiger partial charge in [0.2, 0.25) is 0 Å². The molecule has 0 saturated heterocycles. The smallest absolute Gasteiger partial charge is 0.0713 e. The maximum atomic E-state index is 2.53. The molecule has 0 amide bonds. The summed E-state index contributed by atoms with van der Waals surface area (Å²) in [5.74, 6) is 0. The number of hydrogen-bond donors (Lipinski definition) is 0. The van der Waals surface area contributed by atoms with Crippen molar-refractivity contribution in [3.8, 4) is 55.6 Å². The van der Waals surface area contributed by atoms with Crippen molar-refractivity contribution in [3.05, 3.63) is 281 Å². The van der Waals surface area contributed by atoms with Gasteiger partial charge < -0.3 is 4.90 Å². The minimum Gasteiger partial charge on any atom is -0.310 e. The number of benzene rings is 10. The summed E-state index contributed by atoms with van der Waals surface area (Å²) in [7, 11) is 0. The molecule has 0 N–H and O–H groups in total. The first-order chi connectivity index (χ1) is 33.2. The Morgan fingerprint density at radius 3 is 1.32 bits per heavy atom. The van der Waals surface area contributed by atoms with Gasteiger partial charge in [0, 0.05) is 27.8 Å². The van der Waals surface area contributed by atoms with Gasteiger partial charge in [-0.2, -0.15) is 0 Å². The predicted molar refractivity (Wildman–Crippen MR) is 284 cm³/mol. The molecule has 10 aromatic carbocycles. The predicted octanol–water partition coefficient (Wildman–Crippen LogP) is 17.5. The number of para-hydroxylation sites is 1. The lowest BCUT2D eigenvalue weighted by Crippen LogP contribution is -2.28. The lowest BCUT2D eigenvalue weighted by Gasteiger charge is -2.34. The molecule has 13 rings (SSSR count). The van der Waals surface area contributed by atoms with Crippen LogP contribution in [0, 0.1) is 0 Å². The number of fused-ring (bicyclic) bond motifs is 9. The largest absolute Gasteiger partial charge is 0.310 e. The summed E-state index contributed by atoms with van der Waals surface area (Å²) >= 11 is 0. The Morgan fingerprint density at radius 2 is 0.706 bits per heavy atom. The SMILES string of the molecule is CC1(C)c2ccccc2-c2ccc(N(c3ccc4c(c3)C(C)(C)c3ccccc3-4)c3ccccc3-c3ccc4c(c3)C(c3ccccc3)(c3cccc(-c5ccccc5)c3)c3ccccc3-4)cc21. The van der Waals surface area contributed by atoms with Gasteiger partial charge in [0.25, 0.3) is 0 Å². The van der Waals surface area contributed by atoms with Crippen LogP contribution in [0.3, 0.4) is 0 Å². The van der Waals surface area contributed by atoms with Crippen LogP contribution in [0.5, 0.6) is 0 Å². The van der Waals surface area contributed by atoms with E-state index in [9.17, 15) is 0 Å². The number of nitrogens with zero attached hydrogens (tertiary/aromatic N) is 1. The van der Waals surface area contributed by atoms with E-state index in [0.29, 0.717) is 0 Å². The zero-order chi connectivity index (χ0) is 45.8. The van der Waals surface area contributed by atoms with Gasteiger partial charge in [-0.15, -0.1) is 0 Å². The molecule has 0 spiro atoms. The third-order valence-electron chi connectivity index (χ3n) is 15.8. The highest BCUT2D eigenvalue weighted by Gasteiger charge is 2.46. The summed E-state index contributed by atoms with van der Waals surface area (Å²) in [4.78, 5) is 2.53. The molecule has 1 nitrogen and oxygen atoms in total. The summed E-state index contributed by atoms with van der Waals surface area (Å²) in [5, 5.41) is 0. The van der Waals surface area contributed by atoms with E-state index in [4.69, 9.17) is 0 Å². The standard InChI is InChI=1S/C67H51N/c1-65(2)58-30-15-11-27-52(58)55-38-35-49(42-61(55)65)68(50-36-39-56-53-28-12-16-31-59(53)66(3,4)62(56)43-50)64-33-18-14-26-51(64)46-34-37-57-54-29-13-17-32-60(54)67(63(57)41-46,47-23-9-6-10-24-47)48-25-19-22-45(40-48)44-20-7-5-8-21-44/h5-43H,1-4H3. The maximum absolute atomic E-state index is 2.53. The highest BCUT2D eigenvalue weighted by atomic mass is 15.1. The molecule has 0 radical (unpaired) electrons. The van der Waals surface area contributed by atoms with E-state index in [-0.39, 0.29) is 10.8 Å². The summed E-state index contributed by atoms with van der Waals surface area (Å²) in [6, 6.07) is 88.9. The van der Waals surface area contributed by atoms with E-state index in [1.165, 1.54) is 100 Å². The highest BCUT2D eigenvalue weighted by Crippen LogP contribution is 2.58. The van der Waals surface area contributed by atoms with E-state index in [2.05, 4.69) is 269 Å². The van der Waals surface area contributed by atoms with Crippen LogP contribution in [0.25, 0.3) is 55.6 Å². The minimum absolute atomic E-state index is 0.151. The average Bonchev–Trinajstić information content (AvgIpc) is 3.91. The number of rotatable bonds is 7. The molecule has 0 bridgehead atoms. The lowest BCUT2D eigenvalue weighted by atomic mass is 9.67. The third kappa shape index (κ3) is 5.75. The Labute approximate surface area is 400 Å². The average molecular weight is 870 g/mol. The van der Waals surface area contributed by atoms with E-state index in [0.717, 1.165) is 17.1 Å². The van der Waals surface area contributed by atoms with E-state index in [1.807, 2.05) is 0 Å². The third-order valence-corrected chi connectivity index (χ3v) is 15.8. The van der Waals surface area contributed by atoms with Crippen LogP contribution >= 0.6 is 0 Å². The second-order valence-electron chi connectivity index (χ2n) is 20.0. The van der Waals surface area contributed by atoms with Crippen molar-refractivity contribution in [3.63, 3.8) is 0 Å². The van der Waals surface area contributed by atoms with Gasteiger partial charge >= 0.3 is 0 Å². The van der Waals surface area contributed by atoms with Crippen LogP contribution in [-0.2, 0) is 16.2 Å². The molecule has 0 aromatic heterocycles. The molecular formula is C67H51N. The normalized spacial score (nSPS) is 16.2. The molecule has 0 fully saturated rings. The first kappa shape index (κ1) is 40.3. The first-order valence-corrected chi connectivity index (χ1v) is 24.1. The Balaban J connectivity index is 1.04. The Hall–Kier alpha value is -8.00. The highest BCUT2D eigenvalue weighted by molar-refractivity contribution is 5.95. The van der Waals surface area contributed by atoms with Crippen molar-refractivity contribution < 1.29 is 0 Å². The maximum Gasteiger partial charge on any atom is 0.0713 e. The Bertz CT molecular complexity index is 3520. The van der Waals surface area contributed by atoms with E-state index in [1.54, 1.807) is 0 Å². The molecule has 0 aliphatic heterocycles. The molecule has 10 aromatic rings. The molecular weight excluding hydrogens is 819 g/mol. The molecule has 0 saturated carbocycles. The quantitative estimate of drug-likeness (QED) is 0.154. The number of hydrogen-bond acceptors (Lipinski definition) is 1. The van der Waals surface area contributed by atoms with Gasteiger partial charge in [-0.05, 0) is 137 Å². The molecule has 3 aliphatic carbocycles. The fourth-order valence-corrected chi connectivity index (χ4v) is 12.5.